The van der Waals surface area contributed by atoms with E-state index in [-0.39, 0.29) is 0 Å². The van der Waals surface area contributed by atoms with Gasteiger partial charge >= 0.3 is 0 Å². The Bertz CT molecular complexity index is 886. The second-order valence-corrected chi connectivity index (χ2v) is 6.60. The molecule has 0 spiro atoms. The fourth-order valence-corrected chi connectivity index (χ4v) is 3.44. The first-order valence-corrected chi connectivity index (χ1v) is 9.10. The van der Waals surface area contributed by atoms with E-state index in [2.05, 4.69) is 21.4 Å². The highest BCUT2D eigenvalue weighted by molar-refractivity contribution is 5.88. The van der Waals surface area contributed by atoms with Gasteiger partial charge in [0.15, 0.2) is 11.5 Å². The maximum absolute atomic E-state index is 6.11. The summed E-state index contributed by atoms with van der Waals surface area (Å²) >= 11 is 0. The van der Waals surface area contributed by atoms with E-state index in [0.29, 0.717) is 12.6 Å². The minimum atomic E-state index is 0.320. The average Bonchev–Trinajstić information content (AvgIpc) is 3.20. The molecule has 5 heteroatoms. The van der Waals surface area contributed by atoms with Crippen LogP contribution in [0.4, 0.5) is 5.82 Å². The van der Waals surface area contributed by atoms with Crippen molar-refractivity contribution < 1.29 is 9.47 Å². The lowest BCUT2D eigenvalue weighted by Crippen LogP contribution is -2.11. The van der Waals surface area contributed by atoms with Gasteiger partial charge < -0.3 is 14.8 Å². The van der Waals surface area contributed by atoms with Gasteiger partial charge in [-0.25, -0.2) is 9.97 Å². The van der Waals surface area contributed by atoms with Crippen LogP contribution in [0.15, 0.2) is 48.8 Å². The predicted molar refractivity (Wildman–Crippen MR) is 103 cm³/mol. The Labute approximate surface area is 153 Å². The molecule has 2 aromatic carbocycles. The van der Waals surface area contributed by atoms with Gasteiger partial charge in [0.25, 0.3) is 0 Å². The maximum Gasteiger partial charge on any atom is 0.161 e. The zero-order chi connectivity index (χ0) is 17.8. The molecule has 4 rings (SSSR count). The minimum absolute atomic E-state index is 0.320. The molecule has 1 aliphatic carbocycles. The van der Waals surface area contributed by atoms with Gasteiger partial charge in [-0.05, 0) is 55.5 Å². The van der Waals surface area contributed by atoms with Crippen LogP contribution in [-0.2, 0) is 6.54 Å². The van der Waals surface area contributed by atoms with Crippen molar-refractivity contribution in [3.63, 3.8) is 0 Å². The van der Waals surface area contributed by atoms with E-state index in [9.17, 15) is 0 Å². The van der Waals surface area contributed by atoms with Crippen LogP contribution in [0.25, 0.3) is 10.9 Å². The molecule has 0 radical (unpaired) electrons. The van der Waals surface area contributed by atoms with Gasteiger partial charge in [0.1, 0.15) is 12.1 Å². The maximum atomic E-state index is 6.11. The van der Waals surface area contributed by atoms with Crippen molar-refractivity contribution in [1.82, 2.24) is 9.97 Å². The molecule has 0 unspecified atom stereocenters. The van der Waals surface area contributed by atoms with E-state index in [0.717, 1.165) is 46.6 Å². The van der Waals surface area contributed by atoms with Crippen LogP contribution in [0.5, 0.6) is 11.5 Å². The molecule has 1 aromatic heterocycles. The number of nitrogens with zero attached hydrogens (tertiary/aromatic N) is 2. The first-order chi connectivity index (χ1) is 12.8. The van der Waals surface area contributed by atoms with Gasteiger partial charge in [0.05, 0.1) is 18.7 Å². The summed E-state index contributed by atoms with van der Waals surface area (Å²) < 4.78 is 11.6. The van der Waals surface area contributed by atoms with Crippen LogP contribution in [-0.4, -0.2) is 23.2 Å². The summed E-state index contributed by atoms with van der Waals surface area (Å²) in [7, 11) is 1.69. The predicted octanol–water partition coefficient (Wildman–Crippen LogP) is 4.57. The summed E-state index contributed by atoms with van der Waals surface area (Å²) in [5.41, 5.74) is 2.05. The van der Waals surface area contributed by atoms with Crippen molar-refractivity contribution in [3.8, 4) is 11.5 Å². The quantitative estimate of drug-likeness (QED) is 0.706. The largest absolute Gasteiger partial charge is 0.493 e. The number of anilines is 1. The number of nitrogens with one attached hydrogen (secondary N) is 1. The molecule has 1 aliphatic rings. The van der Waals surface area contributed by atoms with Crippen molar-refractivity contribution in [3.05, 3.63) is 54.4 Å². The number of methoxy groups -OCH3 is 1. The van der Waals surface area contributed by atoms with Crippen molar-refractivity contribution in [2.24, 2.45) is 0 Å². The standard InChI is InChI=1S/C21H23N3O2/c1-25-20-12-15(10-11-19(20)26-16-6-2-3-7-16)13-22-21-17-8-4-5-9-18(17)23-14-24-21/h4-5,8-12,14,16H,2-3,6-7,13H2,1H3,(H,22,23,24). The highest BCUT2D eigenvalue weighted by Crippen LogP contribution is 2.32. The van der Waals surface area contributed by atoms with Crippen LogP contribution < -0.4 is 14.8 Å². The van der Waals surface area contributed by atoms with E-state index in [1.807, 2.05) is 36.4 Å². The van der Waals surface area contributed by atoms with Gasteiger partial charge in [0.2, 0.25) is 0 Å². The lowest BCUT2D eigenvalue weighted by atomic mass is 10.2. The van der Waals surface area contributed by atoms with E-state index in [1.54, 1.807) is 13.4 Å². The first-order valence-electron chi connectivity index (χ1n) is 9.10. The molecule has 1 heterocycles. The van der Waals surface area contributed by atoms with Gasteiger partial charge in [-0.2, -0.15) is 0 Å². The molecule has 134 valence electrons. The third kappa shape index (κ3) is 3.57. The van der Waals surface area contributed by atoms with Crippen molar-refractivity contribution in [1.29, 1.82) is 0 Å². The van der Waals surface area contributed by atoms with Crippen molar-refractivity contribution in [2.45, 2.75) is 38.3 Å². The Morgan fingerprint density at radius 3 is 2.73 bits per heavy atom. The highest BCUT2D eigenvalue weighted by Gasteiger charge is 2.18. The second-order valence-electron chi connectivity index (χ2n) is 6.60. The fourth-order valence-electron chi connectivity index (χ4n) is 3.44. The van der Waals surface area contributed by atoms with Crippen LogP contribution in [0, 0.1) is 0 Å². The summed E-state index contributed by atoms with van der Waals surface area (Å²) in [5.74, 6) is 2.44. The summed E-state index contributed by atoms with van der Waals surface area (Å²) in [6.45, 7) is 0.654. The molecule has 5 nitrogen and oxygen atoms in total. The van der Waals surface area contributed by atoms with E-state index < -0.39 is 0 Å². The molecular weight excluding hydrogens is 326 g/mol. The Balaban J connectivity index is 1.49. The summed E-state index contributed by atoms with van der Waals surface area (Å²) in [4.78, 5) is 8.67. The molecule has 1 N–H and O–H groups in total. The van der Waals surface area contributed by atoms with Gasteiger partial charge in [-0.1, -0.05) is 18.2 Å². The summed E-state index contributed by atoms with van der Waals surface area (Å²) in [6.07, 6.45) is 6.67. The normalized spacial score (nSPS) is 14.5. The van der Waals surface area contributed by atoms with Crippen LogP contribution in [0.1, 0.15) is 31.2 Å². The van der Waals surface area contributed by atoms with Crippen LogP contribution in [0.3, 0.4) is 0 Å². The van der Waals surface area contributed by atoms with E-state index in [4.69, 9.17) is 9.47 Å². The Morgan fingerprint density at radius 2 is 1.88 bits per heavy atom. The van der Waals surface area contributed by atoms with E-state index in [1.165, 1.54) is 12.8 Å². The van der Waals surface area contributed by atoms with Crippen LogP contribution in [0.2, 0.25) is 0 Å². The molecule has 0 amide bonds. The molecule has 0 aliphatic heterocycles. The molecule has 0 saturated heterocycles. The van der Waals surface area contributed by atoms with Gasteiger partial charge in [0, 0.05) is 11.9 Å². The van der Waals surface area contributed by atoms with Gasteiger partial charge in [-0.15, -0.1) is 0 Å². The zero-order valence-corrected chi connectivity index (χ0v) is 14.9. The number of ether oxygens (including phenoxy) is 2. The SMILES string of the molecule is COc1cc(CNc2ncnc3ccccc23)ccc1OC1CCCC1. The number of hydrogen-bond acceptors (Lipinski definition) is 5. The van der Waals surface area contributed by atoms with Crippen LogP contribution >= 0.6 is 0 Å². The van der Waals surface area contributed by atoms with E-state index >= 15 is 0 Å². The first kappa shape index (κ1) is 16.6. The lowest BCUT2D eigenvalue weighted by molar-refractivity contribution is 0.200. The van der Waals surface area contributed by atoms with Gasteiger partial charge in [-0.3, -0.25) is 0 Å². The Hall–Kier alpha value is -2.82. The molecule has 0 atom stereocenters. The molecule has 1 saturated carbocycles. The second kappa shape index (κ2) is 7.60. The summed E-state index contributed by atoms with van der Waals surface area (Å²) in [5, 5.41) is 4.42. The topological polar surface area (TPSA) is 56.3 Å². The van der Waals surface area contributed by atoms with Crippen molar-refractivity contribution >= 4 is 16.7 Å². The number of hydrogen-bond donors (Lipinski definition) is 1. The number of fused-ring (bicyclic) bond motifs is 1. The number of benzene rings is 2. The molecule has 3 aromatic rings. The molecule has 0 bridgehead atoms. The number of aromatic nitrogens is 2. The fraction of sp³-hybridized carbons (Fsp3) is 0.333. The monoisotopic (exact) mass is 349 g/mol. The molecular formula is C21H23N3O2. The van der Waals surface area contributed by atoms with Crippen molar-refractivity contribution in [2.75, 3.05) is 12.4 Å². The Morgan fingerprint density at radius 1 is 1.04 bits per heavy atom. The number of para-hydroxylation sites is 1. The third-order valence-corrected chi connectivity index (χ3v) is 4.83. The summed E-state index contributed by atoms with van der Waals surface area (Å²) in [6, 6.07) is 14.1. The highest BCUT2D eigenvalue weighted by atomic mass is 16.5. The Kier molecular flexibility index (Phi) is 4.86. The third-order valence-electron chi connectivity index (χ3n) is 4.83. The average molecular weight is 349 g/mol. The minimum Gasteiger partial charge on any atom is -0.493 e. The zero-order valence-electron chi connectivity index (χ0n) is 14.9. The molecule has 1 fully saturated rings. The smallest absolute Gasteiger partial charge is 0.161 e. The number of rotatable bonds is 6. The lowest BCUT2D eigenvalue weighted by Gasteiger charge is -2.17. The molecule has 26 heavy (non-hydrogen) atoms.